The summed E-state index contributed by atoms with van der Waals surface area (Å²) in [5.74, 6) is 0.478. The van der Waals surface area contributed by atoms with Crippen molar-refractivity contribution < 1.29 is 13.5 Å². The van der Waals surface area contributed by atoms with Gasteiger partial charge in [-0.05, 0) is 30.4 Å². The van der Waals surface area contributed by atoms with Crippen molar-refractivity contribution in [3.63, 3.8) is 0 Å². The van der Waals surface area contributed by atoms with Crippen LogP contribution in [0.25, 0.3) is 0 Å². The molecule has 0 atom stereocenters. The Labute approximate surface area is 102 Å². The van der Waals surface area contributed by atoms with Crippen LogP contribution in [0, 0.1) is 5.92 Å². The number of nitrogens with one attached hydrogen (secondary N) is 1. The average Bonchev–Trinajstić information content (AvgIpc) is 2.26. The van der Waals surface area contributed by atoms with Crippen LogP contribution >= 0.6 is 0 Å². The molecule has 1 aromatic rings. The third kappa shape index (κ3) is 2.86. The van der Waals surface area contributed by atoms with Gasteiger partial charge in [0, 0.05) is 6.54 Å². The van der Waals surface area contributed by atoms with Gasteiger partial charge in [-0.3, -0.25) is 0 Å². The van der Waals surface area contributed by atoms with E-state index in [0.717, 1.165) is 12.8 Å². The number of benzene rings is 1. The highest BCUT2D eigenvalue weighted by Crippen LogP contribution is 2.26. The van der Waals surface area contributed by atoms with Gasteiger partial charge in [0.25, 0.3) is 0 Å². The maximum atomic E-state index is 12.0. The first-order valence-electron chi connectivity index (χ1n) is 5.82. The summed E-state index contributed by atoms with van der Waals surface area (Å²) in [7, 11) is -3.48. The van der Waals surface area contributed by atoms with Crippen molar-refractivity contribution in [2.75, 3.05) is 6.54 Å². The van der Waals surface area contributed by atoms with Crippen molar-refractivity contribution in [2.45, 2.75) is 30.8 Å². The van der Waals surface area contributed by atoms with Crippen LogP contribution in [0.5, 0.6) is 0 Å². The van der Waals surface area contributed by atoms with E-state index in [0.29, 0.717) is 18.0 Å². The Hall–Kier alpha value is -0.910. The predicted octanol–water partition coefficient (Wildman–Crippen LogP) is 1.26. The molecule has 0 radical (unpaired) electrons. The third-order valence-electron chi connectivity index (χ3n) is 3.22. The molecule has 17 heavy (non-hydrogen) atoms. The minimum absolute atomic E-state index is 0.182. The lowest BCUT2D eigenvalue weighted by Gasteiger charge is -2.25. The standard InChI is InChI=1S/C12H17NO3S/c14-9-11-6-1-2-7-12(11)17(15,16)13-8-10-4-3-5-10/h1-2,6-7,10,13-14H,3-5,8-9H2. The van der Waals surface area contributed by atoms with Crippen LogP contribution in [-0.2, 0) is 16.6 Å². The van der Waals surface area contributed by atoms with Crippen LogP contribution in [-0.4, -0.2) is 20.1 Å². The number of aliphatic hydroxyl groups is 1. The largest absolute Gasteiger partial charge is 0.392 e. The molecule has 0 spiro atoms. The molecular weight excluding hydrogens is 238 g/mol. The molecule has 1 aliphatic carbocycles. The van der Waals surface area contributed by atoms with E-state index < -0.39 is 10.0 Å². The van der Waals surface area contributed by atoms with Crippen molar-refractivity contribution in [3.05, 3.63) is 29.8 Å². The molecule has 0 aliphatic heterocycles. The fraction of sp³-hybridized carbons (Fsp3) is 0.500. The number of sulfonamides is 1. The van der Waals surface area contributed by atoms with Gasteiger partial charge >= 0.3 is 0 Å². The minimum atomic E-state index is -3.48. The van der Waals surface area contributed by atoms with E-state index in [9.17, 15) is 8.42 Å². The molecule has 0 aromatic heterocycles. The Balaban J connectivity index is 2.12. The highest BCUT2D eigenvalue weighted by Gasteiger charge is 2.22. The lowest BCUT2D eigenvalue weighted by molar-refractivity contribution is 0.278. The van der Waals surface area contributed by atoms with E-state index >= 15 is 0 Å². The lowest BCUT2D eigenvalue weighted by atomic mass is 9.86. The Bertz CT molecular complexity index is 480. The van der Waals surface area contributed by atoms with Gasteiger partial charge < -0.3 is 5.11 Å². The minimum Gasteiger partial charge on any atom is -0.392 e. The molecular formula is C12H17NO3S. The second kappa shape index (κ2) is 5.16. The molecule has 1 aromatic carbocycles. The second-order valence-electron chi connectivity index (χ2n) is 4.41. The van der Waals surface area contributed by atoms with E-state index in [1.165, 1.54) is 12.5 Å². The summed E-state index contributed by atoms with van der Waals surface area (Å²) in [6.07, 6.45) is 3.40. The van der Waals surface area contributed by atoms with Crippen molar-refractivity contribution in [2.24, 2.45) is 5.92 Å². The molecule has 1 fully saturated rings. The predicted molar refractivity (Wildman–Crippen MR) is 64.9 cm³/mol. The normalized spacial score (nSPS) is 16.8. The molecule has 94 valence electrons. The monoisotopic (exact) mass is 255 g/mol. The Kier molecular flexibility index (Phi) is 3.81. The summed E-state index contributed by atoms with van der Waals surface area (Å²) in [6.45, 7) is 0.239. The summed E-state index contributed by atoms with van der Waals surface area (Å²) in [5.41, 5.74) is 0.439. The molecule has 1 aliphatic rings. The van der Waals surface area contributed by atoms with Crippen LogP contribution in [0.3, 0.4) is 0 Å². The number of hydrogen-bond donors (Lipinski definition) is 2. The number of hydrogen-bond acceptors (Lipinski definition) is 3. The summed E-state index contributed by atoms with van der Waals surface area (Å²) < 4.78 is 26.7. The van der Waals surface area contributed by atoms with E-state index in [4.69, 9.17) is 5.11 Å². The molecule has 4 nitrogen and oxygen atoms in total. The van der Waals surface area contributed by atoms with E-state index in [1.807, 2.05) is 0 Å². The van der Waals surface area contributed by atoms with Gasteiger partial charge in [-0.15, -0.1) is 0 Å². The maximum absolute atomic E-state index is 12.0. The SMILES string of the molecule is O=S(=O)(NCC1CCC1)c1ccccc1CO. The lowest BCUT2D eigenvalue weighted by Crippen LogP contribution is -2.32. The van der Waals surface area contributed by atoms with Gasteiger partial charge in [-0.1, -0.05) is 24.6 Å². The first-order valence-corrected chi connectivity index (χ1v) is 7.30. The molecule has 0 heterocycles. The average molecular weight is 255 g/mol. The van der Waals surface area contributed by atoms with Crippen LogP contribution in [0.4, 0.5) is 0 Å². The summed E-state index contributed by atoms with van der Waals surface area (Å²) in [4.78, 5) is 0.182. The van der Waals surface area contributed by atoms with E-state index in [-0.39, 0.29) is 11.5 Å². The molecule has 0 amide bonds. The van der Waals surface area contributed by atoms with Crippen LogP contribution in [0.2, 0.25) is 0 Å². The fourth-order valence-corrected chi connectivity index (χ4v) is 3.24. The molecule has 2 N–H and O–H groups in total. The van der Waals surface area contributed by atoms with Crippen molar-refractivity contribution in [1.82, 2.24) is 4.72 Å². The van der Waals surface area contributed by atoms with Gasteiger partial charge in [0.1, 0.15) is 0 Å². The Morgan fingerprint density at radius 2 is 2.00 bits per heavy atom. The first-order chi connectivity index (χ1) is 8.13. The molecule has 0 bridgehead atoms. The fourth-order valence-electron chi connectivity index (χ4n) is 1.90. The molecule has 1 saturated carbocycles. The number of rotatable bonds is 5. The van der Waals surface area contributed by atoms with Crippen molar-refractivity contribution >= 4 is 10.0 Å². The van der Waals surface area contributed by atoms with E-state index in [2.05, 4.69) is 4.72 Å². The Morgan fingerprint density at radius 1 is 1.29 bits per heavy atom. The quantitative estimate of drug-likeness (QED) is 0.832. The zero-order chi connectivity index (χ0) is 12.3. The highest BCUT2D eigenvalue weighted by atomic mass is 32.2. The smallest absolute Gasteiger partial charge is 0.240 e. The van der Waals surface area contributed by atoms with Gasteiger partial charge in [0.05, 0.1) is 11.5 Å². The number of aliphatic hydroxyl groups excluding tert-OH is 1. The topological polar surface area (TPSA) is 66.4 Å². The van der Waals surface area contributed by atoms with Crippen LogP contribution in [0.1, 0.15) is 24.8 Å². The van der Waals surface area contributed by atoms with Gasteiger partial charge in [-0.2, -0.15) is 0 Å². The maximum Gasteiger partial charge on any atom is 0.240 e. The zero-order valence-electron chi connectivity index (χ0n) is 9.59. The van der Waals surface area contributed by atoms with Crippen LogP contribution in [0.15, 0.2) is 29.2 Å². The van der Waals surface area contributed by atoms with Crippen LogP contribution < -0.4 is 4.72 Å². The first kappa shape index (κ1) is 12.5. The second-order valence-corrected chi connectivity index (χ2v) is 6.15. The summed E-state index contributed by atoms with van der Waals surface area (Å²) >= 11 is 0. The summed E-state index contributed by atoms with van der Waals surface area (Å²) in [5, 5.41) is 9.12. The van der Waals surface area contributed by atoms with Crippen molar-refractivity contribution in [1.29, 1.82) is 0 Å². The van der Waals surface area contributed by atoms with Crippen molar-refractivity contribution in [3.8, 4) is 0 Å². The van der Waals surface area contributed by atoms with Gasteiger partial charge in [0.2, 0.25) is 10.0 Å². The molecule has 2 rings (SSSR count). The molecule has 5 heteroatoms. The Morgan fingerprint density at radius 3 is 2.59 bits per heavy atom. The zero-order valence-corrected chi connectivity index (χ0v) is 10.4. The highest BCUT2D eigenvalue weighted by molar-refractivity contribution is 7.89. The third-order valence-corrected chi connectivity index (χ3v) is 4.74. The summed E-state index contributed by atoms with van der Waals surface area (Å²) in [6, 6.07) is 6.53. The van der Waals surface area contributed by atoms with E-state index in [1.54, 1.807) is 18.2 Å². The molecule has 0 unspecified atom stereocenters. The molecule has 0 saturated heterocycles. The van der Waals surface area contributed by atoms with Gasteiger partial charge in [0.15, 0.2) is 0 Å². The van der Waals surface area contributed by atoms with Gasteiger partial charge in [-0.25, -0.2) is 13.1 Å².